The number of nitrogens with zero attached hydrogens (tertiary/aromatic N) is 1. The molecular formula is C10H19NO2. The summed E-state index contributed by atoms with van der Waals surface area (Å²) < 4.78 is 5.33. The van der Waals surface area contributed by atoms with Gasteiger partial charge in [0.15, 0.2) is 0 Å². The lowest BCUT2D eigenvalue weighted by Crippen LogP contribution is -2.46. The van der Waals surface area contributed by atoms with E-state index >= 15 is 0 Å². The van der Waals surface area contributed by atoms with Gasteiger partial charge in [-0.25, -0.2) is 0 Å². The molecule has 1 N–H and O–H groups in total. The molecule has 3 nitrogen and oxygen atoms in total. The standard InChI is InChI=1S/C10H19NO2/c1-11(9-4-10(12)5-9)6-8-2-3-13-7-8/h8-10,12H,2-7H2,1H3. The van der Waals surface area contributed by atoms with E-state index in [1.54, 1.807) is 0 Å². The van der Waals surface area contributed by atoms with E-state index in [9.17, 15) is 5.11 Å². The van der Waals surface area contributed by atoms with E-state index in [4.69, 9.17) is 4.74 Å². The third-order valence-electron chi connectivity index (χ3n) is 3.28. The van der Waals surface area contributed by atoms with Crippen molar-refractivity contribution in [2.45, 2.75) is 31.4 Å². The Morgan fingerprint density at radius 1 is 1.46 bits per heavy atom. The summed E-state index contributed by atoms with van der Waals surface area (Å²) in [4.78, 5) is 2.38. The average molecular weight is 185 g/mol. The fraction of sp³-hybridized carbons (Fsp3) is 1.00. The molecule has 2 aliphatic rings. The van der Waals surface area contributed by atoms with Crippen molar-refractivity contribution in [3.8, 4) is 0 Å². The molecular weight excluding hydrogens is 166 g/mol. The molecule has 0 aromatic rings. The van der Waals surface area contributed by atoms with E-state index in [-0.39, 0.29) is 6.10 Å². The summed E-state index contributed by atoms with van der Waals surface area (Å²) in [6, 6.07) is 0.621. The highest BCUT2D eigenvalue weighted by atomic mass is 16.5. The molecule has 13 heavy (non-hydrogen) atoms. The summed E-state index contributed by atoms with van der Waals surface area (Å²) in [7, 11) is 2.16. The Morgan fingerprint density at radius 3 is 2.77 bits per heavy atom. The van der Waals surface area contributed by atoms with Gasteiger partial charge in [0.2, 0.25) is 0 Å². The summed E-state index contributed by atoms with van der Waals surface area (Å²) in [6.45, 7) is 3.00. The zero-order valence-corrected chi connectivity index (χ0v) is 8.28. The van der Waals surface area contributed by atoms with Crippen molar-refractivity contribution in [1.29, 1.82) is 0 Å². The highest BCUT2D eigenvalue weighted by Crippen LogP contribution is 2.26. The van der Waals surface area contributed by atoms with E-state index in [0.717, 1.165) is 38.5 Å². The average Bonchev–Trinajstić information content (AvgIpc) is 2.51. The first-order valence-corrected chi connectivity index (χ1v) is 5.21. The van der Waals surface area contributed by atoms with Gasteiger partial charge in [-0.3, -0.25) is 0 Å². The topological polar surface area (TPSA) is 32.7 Å². The van der Waals surface area contributed by atoms with Crippen LogP contribution < -0.4 is 0 Å². The predicted octanol–water partition coefficient (Wildman–Crippen LogP) is 0.478. The zero-order chi connectivity index (χ0) is 9.26. The van der Waals surface area contributed by atoms with Crippen LogP contribution in [0.1, 0.15) is 19.3 Å². The van der Waals surface area contributed by atoms with Crippen molar-refractivity contribution < 1.29 is 9.84 Å². The number of hydrogen-bond acceptors (Lipinski definition) is 3. The molecule has 1 aliphatic heterocycles. The number of rotatable bonds is 3. The molecule has 76 valence electrons. The number of ether oxygens (including phenoxy) is 1. The summed E-state index contributed by atoms with van der Waals surface area (Å²) in [6.07, 6.45) is 3.10. The van der Waals surface area contributed by atoms with Gasteiger partial charge in [0, 0.05) is 19.2 Å². The maximum atomic E-state index is 9.18. The summed E-state index contributed by atoms with van der Waals surface area (Å²) in [5.74, 6) is 0.725. The Hall–Kier alpha value is -0.120. The fourth-order valence-electron chi connectivity index (χ4n) is 2.20. The normalized spacial score (nSPS) is 39.5. The van der Waals surface area contributed by atoms with Crippen molar-refractivity contribution in [2.75, 3.05) is 26.8 Å². The number of aliphatic hydroxyl groups excluding tert-OH is 1. The second kappa shape index (κ2) is 3.95. The van der Waals surface area contributed by atoms with Gasteiger partial charge in [-0.1, -0.05) is 0 Å². The SMILES string of the molecule is CN(CC1CCOC1)C1CC(O)C1. The van der Waals surface area contributed by atoms with Crippen LogP contribution in [-0.4, -0.2) is 49.0 Å². The van der Waals surface area contributed by atoms with Crippen LogP contribution in [0.3, 0.4) is 0 Å². The smallest absolute Gasteiger partial charge is 0.0570 e. The van der Waals surface area contributed by atoms with Crippen LogP contribution in [0, 0.1) is 5.92 Å². The van der Waals surface area contributed by atoms with Gasteiger partial charge in [-0.15, -0.1) is 0 Å². The van der Waals surface area contributed by atoms with E-state index in [0.29, 0.717) is 6.04 Å². The maximum Gasteiger partial charge on any atom is 0.0570 e. The second-order valence-corrected chi connectivity index (χ2v) is 4.45. The van der Waals surface area contributed by atoms with E-state index in [1.807, 2.05) is 0 Å². The third kappa shape index (κ3) is 2.22. The van der Waals surface area contributed by atoms with Gasteiger partial charge in [0.05, 0.1) is 12.7 Å². The van der Waals surface area contributed by atoms with Gasteiger partial charge in [-0.05, 0) is 32.2 Å². The minimum atomic E-state index is -0.0349. The number of aliphatic hydroxyl groups is 1. The lowest BCUT2D eigenvalue weighted by molar-refractivity contribution is 0.00638. The quantitative estimate of drug-likeness (QED) is 0.694. The second-order valence-electron chi connectivity index (χ2n) is 4.45. The molecule has 0 bridgehead atoms. The summed E-state index contributed by atoms with van der Waals surface area (Å²) in [5.41, 5.74) is 0. The molecule has 1 atom stereocenters. The molecule has 1 unspecified atom stereocenters. The molecule has 0 aromatic heterocycles. The van der Waals surface area contributed by atoms with Crippen molar-refractivity contribution in [3.63, 3.8) is 0 Å². The predicted molar refractivity (Wildman–Crippen MR) is 50.6 cm³/mol. The highest BCUT2D eigenvalue weighted by Gasteiger charge is 2.31. The van der Waals surface area contributed by atoms with Crippen LogP contribution in [0.4, 0.5) is 0 Å². The first-order valence-electron chi connectivity index (χ1n) is 5.21. The van der Waals surface area contributed by atoms with Crippen molar-refractivity contribution in [3.05, 3.63) is 0 Å². The van der Waals surface area contributed by atoms with Crippen molar-refractivity contribution >= 4 is 0 Å². The van der Waals surface area contributed by atoms with Gasteiger partial charge >= 0.3 is 0 Å². The molecule has 0 radical (unpaired) electrons. The zero-order valence-electron chi connectivity index (χ0n) is 8.28. The van der Waals surface area contributed by atoms with E-state index < -0.39 is 0 Å². The van der Waals surface area contributed by atoms with Gasteiger partial charge in [-0.2, -0.15) is 0 Å². The Balaban J connectivity index is 1.68. The summed E-state index contributed by atoms with van der Waals surface area (Å²) in [5, 5.41) is 9.18. The molecule has 0 aromatic carbocycles. The molecule has 1 saturated heterocycles. The Bertz CT molecular complexity index is 162. The Morgan fingerprint density at radius 2 is 2.23 bits per heavy atom. The van der Waals surface area contributed by atoms with Crippen LogP contribution in [0.15, 0.2) is 0 Å². The number of hydrogen-bond donors (Lipinski definition) is 1. The van der Waals surface area contributed by atoms with Crippen LogP contribution in [-0.2, 0) is 4.74 Å². The van der Waals surface area contributed by atoms with E-state index in [1.165, 1.54) is 6.42 Å². The van der Waals surface area contributed by atoms with Gasteiger partial charge in [0.25, 0.3) is 0 Å². The minimum Gasteiger partial charge on any atom is -0.393 e. The first kappa shape index (κ1) is 9.44. The lowest BCUT2D eigenvalue weighted by atomic mass is 9.88. The molecule has 2 rings (SSSR count). The minimum absolute atomic E-state index is 0.0349. The fourth-order valence-corrected chi connectivity index (χ4v) is 2.20. The molecule has 1 aliphatic carbocycles. The van der Waals surface area contributed by atoms with Crippen LogP contribution in [0.2, 0.25) is 0 Å². The maximum absolute atomic E-state index is 9.18. The Labute approximate surface area is 79.7 Å². The molecule has 0 amide bonds. The largest absolute Gasteiger partial charge is 0.393 e. The molecule has 1 heterocycles. The molecule has 1 saturated carbocycles. The van der Waals surface area contributed by atoms with Crippen LogP contribution >= 0.6 is 0 Å². The van der Waals surface area contributed by atoms with Gasteiger partial charge < -0.3 is 14.7 Å². The first-order chi connectivity index (χ1) is 6.25. The summed E-state index contributed by atoms with van der Waals surface area (Å²) >= 11 is 0. The van der Waals surface area contributed by atoms with Crippen LogP contribution in [0.25, 0.3) is 0 Å². The van der Waals surface area contributed by atoms with E-state index in [2.05, 4.69) is 11.9 Å². The van der Waals surface area contributed by atoms with Crippen molar-refractivity contribution in [2.24, 2.45) is 5.92 Å². The lowest BCUT2D eigenvalue weighted by Gasteiger charge is -2.39. The van der Waals surface area contributed by atoms with Gasteiger partial charge in [0.1, 0.15) is 0 Å². The van der Waals surface area contributed by atoms with Crippen LogP contribution in [0.5, 0.6) is 0 Å². The van der Waals surface area contributed by atoms with Crippen molar-refractivity contribution in [1.82, 2.24) is 4.90 Å². The molecule has 2 fully saturated rings. The molecule has 0 spiro atoms. The third-order valence-corrected chi connectivity index (χ3v) is 3.28. The highest BCUT2D eigenvalue weighted by molar-refractivity contribution is 4.86. The monoisotopic (exact) mass is 185 g/mol. The Kier molecular flexibility index (Phi) is 2.86. The molecule has 3 heteroatoms.